The third-order valence-electron chi connectivity index (χ3n) is 1.06. The number of rotatable bonds is 1. The van der Waals surface area contributed by atoms with Gasteiger partial charge >= 0.3 is 0 Å². The van der Waals surface area contributed by atoms with E-state index in [0.717, 1.165) is 0 Å². The van der Waals surface area contributed by atoms with Crippen LogP contribution in [0.15, 0.2) is 11.5 Å². The molecular formula is C5H9NOS2. The van der Waals surface area contributed by atoms with E-state index in [0.29, 0.717) is 5.37 Å². The van der Waals surface area contributed by atoms with Gasteiger partial charge in [0.25, 0.3) is 0 Å². The highest BCUT2D eigenvalue weighted by atomic mass is 33.1. The first-order valence-corrected chi connectivity index (χ1v) is 5.23. The minimum atomic E-state index is -0.779. The van der Waals surface area contributed by atoms with E-state index in [1.165, 1.54) is 10.8 Å². The molecule has 1 aliphatic heterocycles. The molecule has 0 fully saturated rings. The molecule has 0 amide bonds. The van der Waals surface area contributed by atoms with Crippen LogP contribution in [-0.4, -0.2) is 28.6 Å². The SMILES string of the molecule is CN(C)C1C=CS(=O)S1. The highest BCUT2D eigenvalue weighted by molar-refractivity contribution is 8.70. The van der Waals surface area contributed by atoms with Gasteiger partial charge in [-0.1, -0.05) is 0 Å². The van der Waals surface area contributed by atoms with Crippen molar-refractivity contribution in [1.82, 2.24) is 4.90 Å². The Bertz CT molecular complexity index is 155. The van der Waals surface area contributed by atoms with Gasteiger partial charge in [0.2, 0.25) is 0 Å². The van der Waals surface area contributed by atoms with Crippen LogP contribution >= 0.6 is 10.8 Å². The van der Waals surface area contributed by atoms with Crippen molar-refractivity contribution >= 4 is 20.6 Å². The Morgan fingerprint density at radius 1 is 1.67 bits per heavy atom. The maximum atomic E-state index is 10.7. The molecule has 1 rings (SSSR count). The molecule has 1 aliphatic rings. The minimum Gasteiger partial charge on any atom is -0.294 e. The fourth-order valence-electron chi connectivity index (χ4n) is 0.551. The summed E-state index contributed by atoms with van der Waals surface area (Å²) in [5, 5.41) is 2.04. The summed E-state index contributed by atoms with van der Waals surface area (Å²) in [7, 11) is 4.64. The van der Waals surface area contributed by atoms with Gasteiger partial charge < -0.3 is 0 Å². The average molecular weight is 163 g/mol. The average Bonchev–Trinajstić information content (AvgIpc) is 2.14. The predicted octanol–water partition coefficient (Wildman–Crippen LogP) is 0.798. The quantitative estimate of drug-likeness (QED) is 0.533. The van der Waals surface area contributed by atoms with E-state index in [4.69, 9.17) is 0 Å². The molecular weight excluding hydrogens is 154 g/mol. The Hall–Kier alpha value is 0.200. The minimum absolute atomic E-state index is 0.311. The molecule has 0 aliphatic carbocycles. The van der Waals surface area contributed by atoms with Crippen LogP contribution in [0.25, 0.3) is 0 Å². The molecule has 4 heteroatoms. The fourth-order valence-corrected chi connectivity index (χ4v) is 3.18. The molecule has 0 aromatic rings. The van der Waals surface area contributed by atoms with Gasteiger partial charge in [-0.25, -0.2) is 4.21 Å². The van der Waals surface area contributed by atoms with Crippen molar-refractivity contribution < 1.29 is 4.21 Å². The summed E-state index contributed by atoms with van der Waals surface area (Å²) in [5.41, 5.74) is 0. The van der Waals surface area contributed by atoms with Crippen LogP contribution in [0.2, 0.25) is 0 Å². The van der Waals surface area contributed by atoms with Crippen molar-refractivity contribution in [1.29, 1.82) is 0 Å². The molecule has 0 saturated heterocycles. The largest absolute Gasteiger partial charge is 0.294 e. The summed E-state index contributed by atoms with van der Waals surface area (Å²) in [6.45, 7) is 0. The topological polar surface area (TPSA) is 20.3 Å². The smallest absolute Gasteiger partial charge is 0.107 e. The van der Waals surface area contributed by atoms with Crippen molar-refractivity contribution in [3.05, 3.63) is 11.5 Å². The van der Waals surface area contributed by atoms with Crippen molar-refractivity contribution in [2.75, 3.05) is 14.1 Å². The molecule has 0 spiro atoms. The van der Waals surface area contributed by atoms with Gasteiger partial charge in [-0.2, -0.15) is 0 Å². The van der Waals surface area contributed by atoms with Crippen molar-refractivity contribution in [3.8, 4) is 0 Å². The van der Waals surface area contributed by atoms with Crippen LogP contribution in [0.3, 0.4) is 0 Å². The van der Waals surface area contributed by atoms with E-state index in [1.807, 2.05) is 25.1 Å². The molecule has 52 valence electrons. The molecule has 0 aromatic heterocycles. The number of hydrogen-bond donors (Lipinski definition) is 0. The van der Waals surface area contributed by atoms with Gasteiger partial charge in [-0.05, 0) is 31.0 Å². The van der Waals surface area contributed by atoms with Crippen LogP contribution in [0, 0.1) is 0 Å². The first kappa shape index (κ1) is 7.31. The Kier molecular flexibility index (Phi) is 2.32. The lowest BCUT2D eigenvalue weighted by Gasteiger charge is -2.13. The van der Waals surface area contributed by atoms with E-state index in [1.54, 1.807) is 5.41 Å². The number of likely N-dealkylation sites (N-methyl/N-ethyl adjacent to an activating group) is 1. The van der Waals surface area contributed by atoms with E-state index >= 15 is 0 Å². The highest BCUT2D eigenvalue weighted by Crippen LogP contribution is 2.25. The lowest BCUT2D eigenvalue weighted by atomic mass is 10.6. The molecule has 2 nitrogen and oxygen atoms in total. The Morgan fingerprint density at radius 3 is 2.56 bits per heavy atom. The standard InChI is InChI=1S/C5H9NOS2/c1-6(2)5-3-4-9(7)8-5/h3-5H,1-2H3. The first-order valence-electron chi connectivity index (χ1n) is 2.62. The molecule has 0 bridgehead atoms. The Labute approximate surface area is 61.2 Å². The van der Waals surface area contributed by atoms with Crippen LogP contribution < -0.4 is 0 Å². The van der Waals surface area contributed by atoms with Gasteiger partial charge in [-0.3, -0.25) is 4.90 Å². The normalized spacial score (nSPS) is 34.1. The molecule has 0 N–H and O–H groups in total. The second-order valence-corrected chi connectivity index (χ2v) is 5.07. The second kappa shape index (κ2) is 2.86. The molecule has 0 saturated carbocycles. The van der Waals surface area contributed by atoms with Gasteiger partial charge in [0.15, 0.2) is 0 Å². The monoisotopic (exact) mass is 163 g/mol. The third kappa shape index (κ3) is 1.81. The van der Waals surface area contributed by atoms with Gasteiger partial charge in [0.05, 0.1) is 5.37 Å². The maximum Gasteiger partial charge on any atom is 0.107 e. The molecule has 1 heterocycles. The second-order valence-electron chi connectivity index (χ2n) is 2.04. The third-order valence-corrected chi connectivity index (χ3v) is 3.90. The van der Waals surface area contributed by atoms with E-state index in [-0.39, 0.29) is 0 Å². The van der Waals surface area contributed by atoms with Gasteiger partial charge in [-0.15, -0.1) is 0 Å². The summed E-state index contributed by atoms with van der Waals surface area (Å²) in [4.78, 5) is 2.03. The molecule has 9 heavy (non-hydrogen) atoms. The Balaban J connectivity index is 2.50. The summed E-state index contributed by atoms with van der Waals surface area (Å²) in [5.74, 6) is 0. The van der Waals surface area contributed by atoms with E-state index < -0.39 is 9.83 Å². The number of hydrogen-bond acceptors (Lipinski definition) is 3. The summed E-state index contributed by atoms with van der Waals surface area (Å²) in [6, 6.07) is 0. The zero-order valence-electron chi connectivity index (χ0n) is 5.40. The van der Waals surface area contributed by atoms with Crippen molar-refractivity contribution in [2.45, 2.75) is 5.37 Å². The maximum absolute atomic E-state index is 10.7. The molecule has 2 atom stereocenters. The van der Waals surface area contributed by atoms with Crippen LogP contribution in [-0.2, 0) is 9.83 Å². The zero-order valence-corrected chi connectivity index (χ0v) is 7.04. The van der Waals surface area contributed by atoms with Crippen molar-refractivity contribution in [3.63, 3.8) is 0 Å². The Morgan fingerprint density at radius 2 is 2.33 bits per heavy atom. The van der Waals surface area contributed by atoms with Crippen LogP contribution in [0.4, 0.5) is 0 Å². The fraction of sp³-hybridized carbons (Fsp3) is 0.600. The lowest BCUT2D eigenvalue weighted by Crippen LogP contribution is -2.20. The van der Waals surface area contributed by atoms with Crippen LogP contribution in [0.5, 0.6) is 0 Å². The summed E-state index contributed by atoms with van der Waals surface area (Å²) < 4.78 is 10.7. The first-order chi connectivity index (χ1) is 4.20. The van der Waals surface area contributed by atoms with Gasteiger partial charge in [0, 0.05) is 5.41 Å². The molecule has 2 unspecified atom stereocenters. The summed E-state index contributed by atoms with van der Waals surface area (Å²) in [6.07, 6.45) is 1.96. The molecule has 0 radical (unpaired) electrons. The predicted molar refractivity (Wildman–Crippen MR) is 42.3 cm³/mol. The van der Waals surface area contributed by atoms with Crippen LogP contribution in [0.1, 0.15) is 0 Å². The zero-order chi connectivity index (χ0) is 6.85. The molecule has 0 aromatic carbocycles. The van der Waals surface area contributed by atoms with Crippen molar-refractivity contribution in [2.24, 2.45) is 0 Å². The summed E-state index contributed by atoms with van der Waals surface area (Å²) >= 11 is 0. The lowest BCUT2D eigenvalue weighted by molar-refractivity contribution is 0.430. The highest BCUT2D eigenvalue weighted by Gasteiger charge is 2.16. The van der Waals surface area contributed by atoms with Gasteiger partial charge in [0.1, 0.15) is 9.83 Å². The number of nitrogens with zero attached hydrogens (tertiary/aromatic N) is 1. The van der Waals surface area contributed by atoms with E-state index in [9.17, 15) is 4.21 Å². The van der Waals surface area contributed by atoms with E-state index in [2.05, 4.69) is 0 Å².